The second-order valence-electron chi connectivity index (χ2n) is 5.01. The maximum Gasteiger partial charge on any atom is 0.244 e. The zero-order valence-corrected chi connectivity index (χ0v) is 13.8. The standard InChI is InChI=1S/C13H19BrN2O2S/c1-9-6-10(8-15-2)7-12(13(9)14)19(17,18)16(3)11-4-5-11/h6-7,11,15H,4-5,8H2,1-3H3. The van der Waals surface area contributed by atoms with E-state index in [1.807, 2.05) is 20.0 Å². The lowest BCUT2D eigenvalue weighted by atomic mass is 10.1. The minimum Gasteiger partial charge on any atom is -0.316 e. The zero-order chi connectivity index (χ0) is 14.2. The van der Waals surface area contributed by atoms with E-state index in [9.17, 15) is 8.42 Å². The molecule has 1 aromatic carbocycles. The third-order valence-electron chi connectivity index (χ3n) is 3.38. The van der Waals surface area contributed by atoms with Crippen molar-refractivity contribution in [3.05, 3.63) is 27.7 Å². The molecule has 0 spiro atoms. The maximum absolute atomic E-state index is 12.6. The van der Waals surface area contributed by atoms with Crippen LogP contribution in [0.5, 0.6) is 0 Å². The number of nitrogens with one attached hydrogen (secondary N) is 1. The molecule has 0 bridgehead atoms. The van der Waals surface area contributed by atoms with Gasteiger partial charge in [-0.25, -0.2) is 8.42 Å². The molecule has 0 amide bonds. The highest BCUT2D eigenvalue weighted by Crippen LogP contribution is 2.34. The number of halogens is 1. The number of sulfonamides is 1. The summed E-state index contributed by atoms with van der Waals surface area (Å²) in [6.07, 6.45) is 1.92. The first-order valence-electron chi connectivity index (χ1n) is 6.29. The van der Waals surface area contributed by atoms with Gasteiger partial charge in [-0.3, -0.25) is 0 Å². The fourth-order valence-corrected chi connectivity index (χ4v) is 4.54. The van der Waals surface area contributed by atoms with Crippen molar-refractivity contribution in [2.24, 2.45) is 0 Å². The molecule has 0 unspecified atom stereocenters. The predicted molar refractivity (Wildman–Crippen MR) is 79.6 cm³/mol. The fourth-order valence-electron chi connectivity index (χ4n) is 2.09. The van der Waals surface area contributed by atoms with Crippen LogP contribution in [-0.4, -0.2) is 32.9 Å². The second kappa shape index (κ2) is 5.52. The summed E-state index contributed by atoms with van der Waals surface area (Å²) in [4.78, 5) is 0.368. The molecule has 1 N–H and O–H groups in total. The molecule has 0 heterocycles. The quantitative estimate of drug-likeness (QED) is 0.889. The molecule has 0 radical (unpaired) electrons. The number of aryl methyl sites for hydroxylation is 1. The molecule has 1 fully saturated rings. The number of rotatable bonds is 5. The fraction of sp³-hybridized carbons (Fsp3) is 0.538. The Morgan fingerprint density at radius 2 is 2.05 bits per heavy atom. The van der Waals surface area contributed by atoms with Gasteiger partial charge in [-0.05, 0) is 59.9 Å². The van der Waals surface area contributed by atoms with E-state index in [1.165, 1.54) is 4.31 Å². The molecular weight excluding hydrogens is 328 g/mol. The van der Waals surface area contributed by atoms with Crippen LogP contribution in [0.2, 0.25) is 0 Å². The second-order valence-corrected chi connectivity index (χ2v) is 7.77. The van der Waals surface area contributed by atoms with Crippen LogP contribution in [0.1, 0.15) is 24.0 Å². The minimum atomic E-state index is -3.41. The average Bonchev–Trinajstić information content (AvgIpc) is 3.16. The molecule has 0 aromatic heterocycles. The van der Waals surface area contributed by atoms with E-state index in [4.69, 9.17) is 0 Å². The van der Waals surface area contributed by atoms with E-state index < -0.39 is 10.0 Å². The molecule has 1 saturated carbocycles. The van der Waals surface area contributed by atoms with Crippen LogP contribution in [0.25, 0.3) is 0 Å². The molecule has 1 aliphatic rings. The van der Waals surface area contributed by atoms with Crippen LogP contribution in [0, 0.1) is 6.92 Å². The highest BCUT2D eigenvalue weighted by atomic mass is 79.9. The number of benzene rings is 1. The monoisotopic (exact) mass is 346 g/mol. The van der Waals surface area contributed by atoms with Crippen molar-refractivity contribution in [3.8, 4) is 0 Å². The van der Waals surface area contributed by atoms with Crippen LogP contribution in [0.15, 0.2) is 21.5 Å². The summed E-state index contributed by atoms with van der Waals surface area (Å²) in [5, 5.41) is 3.05. The Labute approximate surface area is 123 Å². The molecule has 2 rings (SSSR count). The Morgan fingerprint density at radius 1 is 1.42 bits per heavy atom. The smallest absolute Gasteiger partial charge is 0.244 e. The van der Waals surface area contributed by atoms with E-state index in [0.29, 0.717) is 15.9 Å². The van der Waals surface area contributed by atoms with Gasteiger partial charge < -0.3 is 5.32 Å². The van der Waals surface area contributed by atoms with E-state index in [0.717, 1.165) is 24.0 Å². The Bertz CT molecular complexity index is 583. The Hall–Kier alpha value is -0.430. The molecule has 1 aliphatic carbocycles. The van der Waals surface area contributed by atoms with Gasteiger partial charge in [0, 0.05) is 24.1 Å². The SMILES string of the molecule is CNCc1cc(C)c(Br)c(S(=O)(=O)N(C)C2CC2)c1. The van der Waals surface area contributed by atoms with Gasteiger partial charge in [-0.2, -0.15) is 4.31 Å². The highest BCUT2D eigenvalue weighted by Gasteiger charge is 2.36. The molecule has 1 aromatic rings. The van der Waals surface area contributed by atoms with Crippen LogP contribution >= 0.6 is 15.9 Å². The largest absolute Gasteiger partial charge is 0.316 e. The third kappa shape index (κ3) is 3.02. The third-order valence-corrected chi connectivity index (χ3v) is 6.63. The summed E-state index contributed by atoms with van der Waals surface area (Å²) in [6, 6.07) is 3.92. The molecule has 0 atom stereocenters. The summed E-state index contributed by atoms with van der Waals surface area (Å²) in [5.74, 6) is 0. The first-order chi connectivity index (χ1) is 8.87. The van der Waals surface area contributed by atoms with E-state index in [-0.39, 0.29) is 6.04 Å². The first kappa shape index (κ1) is 15.0. The highest BCUT2D eigenvalue weighted by molar-refractivity contribution is 9.10. The van der Waals surface area contributed by atoms with Gasteiger partial charge in [0.1, 0.15) is 0 Å². The first-order valence-corrected chi connectivity index (χ1v) is 8.53. The Kier molecular flexibility index (Phi) is 4.35. The van der Waals surface area contributed by atoms with E-state index >= 15 is 0 Å². The normalized spacial score (nSPS) is 16.1. The topological polar surface area (TPSA) is 49.4 Å². The lowest BCUT2D eigenvalue weighted by molar-refractivity contribution is 0.463. The predicted octanol–water partition coefficient (Wildman–Crippen LogP) is 2.26. The van der Waals surface area contributed by atoms with Crippen molar-refractivity contribution < 1.29 is 8.42 Å². The van der Waals surface area contributed by atoms with Gasteiger partial charge in [0.05, 0.1) is 4.90 Å². The lowest BCUT2D eigenvalue weighted by Gasteiger charge is -2.19. The number of nitrogens with zero attached hydrogens (tertiary/aromatic N) is 1. The van der Waals surface area contributed by atoms with Crippen LogP contribution in [-0.2, 0) is 16.6 Å². The molecule has 19 heavy (non-hydrogen) atoms. The van der Waals surface area contributed by atoms with Gasteiger partial charge in [-0.15, -0.1) is 0 Å². The minimum absolute atomic E-state index is 0.171. The zero-order valence-electron chi connectivity index (χ0n) is 11.4. The molecule has 4 nitrogen and oxygen atoms in total. The number of hydrogen-bond donors (Lipinski definition) is 1. The van der Waals surface area contributed by atoms with Crippen LogP contribution in [0.4, 0.5) is 0 Å². The number of hydrogen-bond acceptors (Lipinski definition) is 3. The van der Waals surface area contributed by atoms with Crippen molar-refractivity contribution in [3.63, 3.8) is 0 Å². The summed E-state index contributed by atoms with van der Waals surface area (Å²) in [7, 11) is 0.104. The van der Waals surface area contributed by atoms with Gasteiger partial charge in [0.25, 0.3) is 0 Å². The van der Waals surface area contributed by atoms with Crippen molar-refractivity contribution in [2.75, 3.05) is 14.1 Å². The molecule has 106 valence electrons. The van der Waals surface area contributed by atoms with Crippen molar-refractivity contribution >= 4 is 26.0 Å². The molecule has 0 saturated heterocycles. The Morgan fingerprint density at radius 3 is 2.58 bits per heavy atom. The Balaban J connectivity index is 2.48. The van der Waals surface area contributed by atoms with Crippen LogP contribution in [0.3, 0.4) is 0 Å². The van der Waals surface area contributed by atoms with E-state index in [1.54, 1.807) is 13.1 Å². The molecular formula is C13H19BrN2O2S. The molecule has 0 aliphatic heterocycles. The van der Waals surface area contributed by atoms with E-state index in [2.05, 4.69) is 21.2 Å². The average molecular weight is 347 g/mol. The molecule has 6 heteroatoms. The summed E-state index contributed by atoms with van der Waals surface area (Å²) >= 11 is 3.41. The summed E-state index contributed by atoms with van der Waals surface area (Å²) < 4.78 is 27.4. The summed E-state index contributed by atoms with van der Waals surface area (Å²) in [6.45, 7) is 2.57. The lowest BCUT2D eigenvalue weighted by Crippen LogP contribution is -2.29. The van der Waals surface area contributed by atoms with Gasteiger partial charge >= 0.3 is 0 Å². The van der Waals surface area contributed by atoms with Crippen molar-refractivity contribution in [2.45, 2.75) is 37.2 Å². The van der Waals surface area contributed by atoms with Gasteiger partial charge in [0.15, 0.2) is 0 Å². The van der Waals surface area contributed by atoms with Gasteiger partial charge in [-0.1, -0.05) is 6.07 Å². The maximum atomic E-state index is 12.6. The summed E-state index contributed by atoms with van der Waals surface area (Å²) in [5.41, 5.74) is 1.92. The van der Waals surface area contributed by atoms with Gasteiger partial charge in [0.2, 0.25) is 10.0 Å². The van der Waals surface area contributed by atoms with Crippen LogP contribution < -0.4 is 5.32 Å². The van der Waals surface area contributed by atoms with Crippen molar-refractivity contribution in [1.29, 1.82) is 0 Å². The van der Waals surface area contributed by atoms with Crippen molar-refractivity contribution in [1.82, 2.24) is 9.62 Å².